The van der Waals surface area contributed by atoms with Gasteiger partial charge in [0.05, 0.1) is 9.30 Å². The van der Waals surface area contributed by atoms with E-state index in [4.69, 9.17) is 6.85 Å². The topological polar surface area (TPSA) is 26.3 Å². The van der Waals surface area contributed by atoms with Crippen LogP contribution in [0.25, 0.3) is 0 Å². The van der Waals surface area contributed by atoms with Gasteiger partial charge in [0.25, 0.3) is 0 Å². The van der Waals surface area contributed by atoms with Crippen molar-refractivity contribution in [3.63, 3.8) is 0 Å². The SMILES string of the molecule is [2H]C([2H])([2H])C([2H])([2H])OC(=O)CC. The Balaban J connectivity index is 4.33. The first-order chi connectivity index (χ1) is 5.20. The monoisotopic (exact) mass is 107 g/mol. The molecule has 0 bridgehead atoms. The third-order valence-corrected chi connectivity index (χ3v) is 0.454. The van der Waals surface area contributed by atoms with Gasteiger partial charge in [0.15, 0.2) is 0 Å². The van der Waals surface area contributed by atoms with E-state index in [0.717, 1.165) is 0 Å². The Morgan fingerprint density at radius 1 is 2.14 bits per heavy atom. The Hall–Kier alpha value is -0.530. The Labute approximate surface area is 50.5 Å². The maximum atomic E-state index is 10.6. The van der Waals surface area contributed by atoms with E-state index in [1.54, 1.807) is 0 Å². The number of carbonyl (C=O) groups excluding carboxylic acids is 1. The van der Waals surface area contributed by atoms with Crippen LogP contribution in [0.5, 0.6) is 0 Å². The molecule has 0 aromatic carbocycles. The molecule has 0 fully saturated rings. The molecule has 0 N–H and O–H groups in total. The van der Waals surface area contributed by atoms with Gasteiger partial charge in [0, 0.05) is 10.5 Å². The number of rotatable bonds is 2. The van der Waals surface area contributed by atoms with Gasteiger partial charge >= 0.3 is 5.97 Å². The molecule has 0 amide bonds. The lowest BCUT2D eigenvalue weighted by molar-refractivity contribution is -0.142. The van der Waals surface area contributed by atoms with Gasteiger partial charge in [-0.3, -0.25) is 4.79 Å². The van der Waals surface area contributed by atoms with Gasteiger partial charge in [-0.15, -0.1) is 0 Å². The van der Waals surface area contributed by atoms with E-state index >= 15 is 0 Å². The summed E-state index contributed by atoms with van der Waals surface area (Å²) in [5.74, 6) is -0.865. The first-order valence-corrected chi connectivity index (χ1v) is 1.92. The van der Waals surface area contributed by atoms with Crippen LogP contribution in [0.4, 0.5) is 0 Å². The van der Waals surface area contributed by atoms with E-state index in [0.29, 0.717) is 0 Å². The first-order valence-electron chi connectivity index (χ1n) is 4.42. The summed E-state index contributed by atoms with van der Waals surface area (Å²) in [6, 6.07) is 0. The largest absolute Gasteiger partial charge is 0.466 e. The van der Waals surface area contributed by atoms with Crippen LogP contribution in [0.15, 0.2) is 0 Å². The second-order valence-corrected chi connectivity index (χ2v) is 0.930. The van der Waals surface area contributed by atoms with Crippen LogP contribution in [-0.4, -0.2) is 12.5 Å². The molecule has 0 saturated heterocycles. The second kappa shape index (κ2) is 3.65. The van der Waals surface area contributed by atoms with Crippen molar-refractivity contribution in [1.29, 1.82) is 0 Å². The minimum atomic E-state index is -2.93. The molecule has 0 aliphatic heterocycles. The van der Waals surface area contributed by atoms with Gasteiger partial charge < -0.3 is 4.74 Å². The molecule has 0 saturated carbocycles. The van der Waals surface area contributed by atoms with Gasteiger partial charge in [-0.2, -0.15) is 0 Å². The number of ether oxygens (including phenoxy) is 1. The van der Waals surface area contributed by atoms with E-state index < -0.39 is 19.4 Å². The van der Waals surface area contributed by atoms with Crippen molar-refractivity contribution in [1.82, 2.24) is 0 Å². The minimum Gasteiger partial charge on any atom is -0.466 e. The second-order valence-electron chi connectivity index (χ2n) is 0.930. The van der Waals surface area contributed by atoms with Crippen LogP contribution in [-0.2, 0) is 9.53 Å². The van der Waals surface area contributed by atoms with Crippen LogP contribution in [0.1, 0.15) is 27.1 Å². The van der Waals surface area contributed by atoms with Crippen LogP contribution in [0.2, 0.25) is 0 Å². The molecule has 7 heavy (non-hydrogen) atoms. The third kappa shape index (κ3) is 3.30. The zero-order valence-corrected chi connectivity index (χ0v) is 4.02. The molecular weight excluding hydrogens is 92.1 g/mol. The Morgan fingerprint density at radius 2 is 2.86 bits per heavy atom. The summed E-state index contributed by atoms with van der Waals surface area (Å²) >= 11 is 0. The maximum absolute atomic E-state index is 10.6. The molecule has 0 spiro atoms. The van der Waals surface area contributed by atoms with E-state index in [1.165, 1.54) is 6.92 Å². The molecule has 2 heteroatoms. The molecule has 42 valence electrons. The zero-order valence-electron chi connectivity index (χ0n) is 9.02. The van der Waals surface area contributed by atoms with Gasteiger partial charge in [0.2, 0.25) is 0 Å². The van der Waals surface area contributed by atoms with Crippen molar-refractivity contribution in [3.8, 4) is 0 Å². The highest BCUT2D eigenvalue weighted by Gasteiger charge is 1.91. The predicted molar refractivity (Wildman–Crippen MR) is 26.9 cm³/mol. The summed E-state index contributed by atoms with van der Waals surface area (Å²) in [5.41, 5.74) is 0. The molecule has 0 radical (unpaired) electrons. The molecule has 0 rings (SSSR count). The van der Waals surface area contributed by atoms with Crippen LogP contribution >= 0.6 is 0 Å². The average molecular weight is 107 g/mol. The number of carbonyl (C=O) groups is 1. The Kier molecular flexibility index (Phi) is 0.922. The van der Waals surface area contributed by atoms with E-state index in [-0.39, 0.29) is 6.42 Å². The lowest BCUT2D eigenvalue weighted by Gasteiger charge is -1.93. The normalized spacial score (nSPS) is 22.7. The van der Waals surface area contributed by atoms with Crippen molar-refractivity contribution in [2.75, 3.05) is 6.56 Å². The van der Waals surface area contributed by atoms with Crippen molar-refractivity contribution >= 4 is 5.97 Å². The molecule has 0 aliphatic carbocycles. The molecule has 0 aromatic heterocycles. The highest BCUT2D eigenvalue weighted by molar-refractivity contribution is 5.68. The lowest BCUT2D eigenvalue weighted by Crippen LogP contribution is -2.00. The van der Waals surface area contributed by atoms with Gasteiger partial charge in [-0.1, -0.05) is 6.92 Å². The summed E-state index contributed by atoms with van der Waals surface area (Å²) in [6.45, 7) is -4.37. The van der Waals surface area contributed by atoms with Crippen molar-refractivity contribution in [2.24, 2.45) is 0 Å². The average Bonchev–Trinajstić information content (AvgIpc) is 1.84. The summed E-state index contributed by atoms with van der Waals surface area (Å²) in [5, 5.41) is 0. The van der Waals surface area contributed by atoms with E-state index in [2.05, 4.69) is 4.74 Å². The molecule has 0 aliphatic rings. The fraction of sp³-hybridized carbons (Fsp3) is 0.800. The summed E-state index contributed by atoms with van der Waals surface area (Å²) < 4.78 is 37.9. The highest BCUT2D eigenvalue weighted by atomic mass is 16.5. The van der Waals surface area contributed by atoms with Gasteiger partial charge in [0.1, 0.15) is 0 Å². The molecule has 0 atom stereocenters. The fourth-order valence-corrected chi connectivity index (χ4v) is 0.129. The van der Waals surface area contributed by atoms with Crippen molar-refractivity contribution in [3.05, 3.63) is 0 Å². The first kappa shape index (κ1) is 1.77. The third-order valence-electron chi connectivity index (χ3n) is 0.454. The van der Waals surface area contributed by atoms with E-state index in [9.17, 15) is 4.79 Å². The lowest BCUT2D eigenvalue weighted by atomic mass is 10.5. The highest BCUT2D eigenvalue weighted by Crippen LogP contribution is 1.80. The van der Waals surface area contributed by atoms with Crippen molar-refractivity contribution < 1.29 is 16.4 Å². The number of hydrogen-bond acceptors (Lipinski definition) is 2. The summed E-state index contributed by atoms with van der Waals surface area (Å²) in [7, 11) is 0. The predicted octanol–water partition coefficient (Wildman–Crippen LogP) is 0.960. The van der Waals surface area contributed by atoms with Crippen LogP contribution in [0.3, 0.4) is 0 Å². The smallest absolute Gasteiger partial charge is 0.305 e. The Morgan fingerprint density at radius 3 is 3.29 bits per heavy atom. The maximum Gasteiger partial charge on any atom is 0.305 e. The minimum absolute atomic E-state index is 0.0460. The van der Waals surface area contributed by atoms with Crippen LogP contribution < -0.4 is 0 Å². The Bertz CT molecular complexity index is 173. The summed E-state index contributed by atoms with van der Waals surface area (Å²) in [6.07, 6.45) is -0.0460. The zero-order chi connectivity index (χ0) is 9.99. The molecule has 0 aromatic rings. The molecule has 0 unspecified atom stereocenters. The molecule has 2 nitrogen and oxygen atoms in total. The molecule has 0 heterocycles. The molecular formula is C5H10O2. The van der Waals surface area contributed by atoms with Gasteiger partial charge in [-0.25, -0.2) is 0 Å². The van der Waals surface area contributed by atoms with E-state index in [1.807, 2.05) is 0 Å². The van der Waals surface area contributed by atoms with Crippen molar-refractivity contribution in [2.45, 2.75) is 20.2 Å². The summed E-state index contributed by atoms with van der Waals surface area (Å²) in [4.78, 5) is 10.6. The standard InChI is InChI=1S/C5H10O2/c1-3-5(6)7-4-2/h3-4H2,1-2H3/i2D3,4D2. The number of hydrogen-bond donors (Lipinski definition) is 0. The fourth-order valence-electron chi connectivity index (χ4n) is 0.129. The van der Waals surface area contributed by atoms with Crippen LogP contribution in [0, 0.1) is 0 Å². The number of esters is 1. The van der Waals surface area contributed by atoms with Gasteiger partial charge in [-0.05, 0) is 6.85 Å². The quantitative estimate of drug-likeness (QED) is 0.491.